The lowest BCUT2D eigenvalue weighted by Gasteiger charge is -2.31. The van der Waals surface area contributed by atoms with Crippen molar-refractivity contribution in [1.29, 1.82) is 0 Å². The number of hydrogen-bond acceptors (Lipinski definition) is 2. The summed E-state index contributed by atoms with van der Waals surface area (Å²) in [5, 5.41) is 0. The van der Waals surface area contributed by atoms with Crippen molar-refractivity contribution in [3.63, 3.8) is 0 Å². The number of nitrogens with two attached hydrogens (primary N) is 1. The van der Waals surface area contributed by atoms with Gasteiger partial charge in [-0.3, -0.25) is 4.79 Å². The molecule has 0 bridgehead atoms. The second kappa shape index (κ2) is 10.2. The topological polar surface area (TPSA) is 46.3 Å². The van der Waals surface area contributed by atoms with E-state index in [9.17, 15) is 4.79 Å². The van der Waals surface area contributed by atoms with Crippen LogP contribution in [0.15, 0.2) is 0 Å². The first-order valence-electron chi connectivity index (χ1n) is 8.64. The number of carbonyl (C=O) groups excluding carboxylic acids is 1. The van der Waals surface area contributed by atoms with Gasteiger partial charge >= 0.3 is 0 Å². The number of carbonyl (C=O) groups is 1. The number of hydrogen-bond donors (Lipinski definition) is 1. The third-order valence-corrected chi connectivity index (χ3v) is 4.29. The average molecular weight is 282 g/mol. The Labute approximate surface area is 125 Å². The van der Waals surface area contributed by atoms with Gasteiger partial charge in [0.1, 0.15) is 0 Å². The van der Waals surface area contributed by atoms with Crippen LogP contribution in [0.3, 0.4) is 0 Å². The molecule has 3 heteroatoms. The van der Waals surface area contributed by atoms with Crippen LogP contribution in [0.25, 0.3) is 0 Å². The van der Waals surface area contributed by atoms with E-state index in [-0.39, 0.29) is 0 Å². The molecule has 1 rings (SSSR count). The van der Waals surface area contributed by atoms with Crippen molar-refractivity contribution in [2.24, 2.45) is 11.7 Å². The third-order valence-electron chi connectivity index (χ3n) is 4.29. The molecule has 1 fully saturated rings. The summed E-state index contributed by atoms with van der Waals surface area (Å²) >= 11 is 0. The predicted molar refractivity (Wildman–Crippen MR) is 85.6 cm³/mol. The molecule has 0 radical (unpaired) electrons. The molecule has 20 heavy (non-hydrogen) atoms. The quantitative estimate of drug-likeness (QED) is 0.690. The van der Waals surface area contributed by atoms with Crippen LogP contribution >= 0.6 is 0 Å². The van der Waals surface area contributed by atoms with Crippen molar-refractivity contribution >= 4 is 5.91 Å². The molecule has 0 aromatic heterocycles. The molecule has 0 saturated carbocycles. The molecule has 0 aliphatic carbocycles. The zero-order chi connectivity index (χ0) is 14.8. The van der Waals surface area contributed by atoms with Gasteiger partial charge in [-0.05, 0) is 44.6 Å². The van der Waals surface area contributed by atoms with Crippen LogP contribution in [0.5, 0.6) is 0 Å². The minimum Gasteiger partial charge on any atom is -0.340 e. The number of unbranched alkanes of at least 4 members (excludes halogenated alkanes) is 3. The maximum atomic E-state index is 12.5. The van der Waals surface area contributed by atoms with Crippen molar-refractivity contribution in [1.82, 2.24) is 4.90 Å². The molecule has 1 saturated heterocycles. The Morgan fingerprint density at radius 3 is 2.60 bits per heavy atom. The fraction of sp³-hybridized carbons (Fsp3) is 0.941. The van der Waals surface area contributed by atoms with E-state index in [1.807, 2.05) is 0 Å². The fourth-order valence-electron chi connectivity index (χ4n) is 3.21. The first-order valence-corrected chi connectivity index (χ1v) is 8.64. The fourth-order valence-corrected chi connectivity index (χ4v) is 3.21. The Balaban J connectivity index is 2.39. The minimum atomic E-state index is 0.394. The molecule has 0 aromatic rings. The monoisotopic (exact) mass is 282 g/mol. The van der Waals surface area contributed by atoms with E-state index < -0.39 is 0 Å². The van der Waals surface area contributed by atoms with E-state index in [4.69, 9.17) is 5.73 Å². The molecule has 1 heterocycles. The van der Waals surface area contributed by atoms with E-state index in [2.05, 4.69) is 18.7 Å². The summed E-state index contributed by atoms with van der Waals surface area (Å²) in [6.45, 7) is 6.29. The molecule has 0 spiro atoms. The van der Waals surface area contributed by atoms with Crippen LogP contribution < -0.4 is 5.73 Å². The molecule has 1 atom stereocenters. The highest BCUT2D eigenvalue weighted by Gasteiger charge is 2.25. The highest BCUT2D eigenvalue weighted by atomic mass is 16.2. The zero-order valence-corrected chi connectivity index (χ0v) is 13.6. The van der Waals surface area contributed by atoms with Gasteiger partial charge in [0.2, 0.25) is 5.91 Å². The van der Waals surface area contributed by atoms with Crippen LogP contribution in [0.1, 0.15) is 78.1 Å². The zero-order valence-electron chi connectivity index (χ0n) is 13.6. The Kier molecular flexibility index (Phi) is 8.92. The van der Waals surface area contributed by atoms with Gasteiger partial charge < -0.3 is 10.6 Å². The molecule has 1 unspecified atom stereocenters. The summed E-state index contributed by atoms with van der Waals surface area (Å²) in [4.78, 5) is 14.7. The van der Waals surface area contributed by atoms with Crippen molar-refractivity contribution in [2.45, 2.75) is 84.1 Å². The number of nitrogens with zero attached hydrogens (tertiary/aromatic N) is 1. The van der Waals surface area contributed by atoms with Crippen LogP contribution in [-0.4, -0.2) is 29.9 Å². The second-order valence-corrected chi connectivity index (χ2v) is 6.67. The van der Waals surface area contributed by atoms with Crippen molar-refractivity contribution in [3.8, 4) is 0 Å². The van der Waals surface area contributed by atoms with Crippen LogP contribution in [0.4, 0.5) is 0 Å². The molecule has 0 aromatic carbocycles. The van der Waals surface area contributed by atoms with Gasteiger partial charge in [-0.25, -0.2) is 0 Å². The summed E-state index contributed by atoms with van der Waals surface area (Å²) in [6.07, 6.45) is 11.3. The third kappa shape index (κ3) is 6.74. The predicted octanol–water partition coefficient (Wildman–Crippen LogP) is 3.71. The minimum absolute atomic E-state index is 0.394. The molecule has 3 nitrogen and oxygen atoms in total. The van der Waals surface area contributed by atoms with Crippen molar-refractivity contribution < 1.29 is 4.79 Å². The summed E-state index contributed by atoms with van der Waals surface area (Å²) in [5.74, 6) is 1.07. The Hall–Kier alpha value is -0.570. The molecular formula is C17H34N2O. The average Bonchev–Trinajstić information content (AvgIpc) is 2.63. The van der Waals surface area contributed by atoms with Gasteiger partial charge in [-0.15, -0.1) is 0 Å². The van der Waals surface area contributed by atoms with E-state index in [1.165, 1.54) is 38.5 Å². The standard InChI is InChI=1S/C17H34N2O/c1-15(2)14-16-10-6-5-9-13-19(16)17(20)11-7-3-4-8-12-18/h15-16H,3-14,18H2,1-2H3. The Morgan fingerprint density at radius 1 is 1.15 bits per heavy atom. The van der Waals surface area contributed by atoms with E-state index >= 15 is 0 Å². The van der Waals surface area contributed by atoms with Crippen LogP contribution in [0.2, 0.25) is 0 Å². The second-order valence-electron chi connectivity index (χ2n) is 6.67. The Bertz CT molecular complexity index is 266. The SMILES string of the molecule is CC(C)CC1CCCCCN1C(=O)CCCCCCN. The lowest BCUT2D eigenvalue weighted by molar-refractivity contribution is -0.133. The highest BCUT2D eigenvalue weighted by Crippen LogP contribution is 2.23. The van der Waals surface area contributed by atoms with Gasteiger partial charge in [0.05, 0.1) is 0 Å². The van der Waals surface area contributed by atoms with Gasteiger partial charge in [0.25, 0.3) is 0 Å². The van der Waals surface area contributed by atoms with Crippen molar-refractivity contribution in [3.05, 3.63) is 0 Å². The Morgan fingerprint density at radius 2 is 1.90 bits per heavy atom. The number of rotatable bonds is 8. The lowest BCUT2D eigenvalue weighted by Crippen LogP contribution is -2.40. The number of amides is 1. The molecule has 118 valence electrons. The van der Waals surface area contributed by atoms with Crippen LogP contribution in [-0.2, 0) is 4.79 Å². The lowest BCUT2D eigenvalue weighted by atomic mass is 9.98. The van der Waals surface area contributed by atoms with Gasteiger partial charge in [0.15, 0.2) is 0 Å². The highest BCUT2D eigenvalue weighted by molar-refractivity contribution is 5.76. The van der Waals surface area contributed by atoms with Crippen LogP contribution in [0, 0.1) is 5.92 Å². The summed E-state index contributed by atoms with van der Waals surface area (Å²) < 4.78 is 0. The largest absolute Gasteiger partial charge is 0.340 e. The molecule has 2 N–H and O–H groups in total. The van der Waals surface area contributed by atoms with E-state index in [1.54, 1.807) is 0 Å². The summed E-state index contributed by atoms with van der Waals surface area (Å²) in [5.41, 5.74) is 5.49. The molecule has 1 aliphatic rings. The molecule has 1 aliphatic heterocycles. The van der Waals surface area contributed by atoms with E-state index in [0.29, 0.717) is 17.9 Å². The summed E-state index contributed by atoms with van der Waals surface area (Å²) in [7, 11) is 0. The van der Waals surface area contributed by atoms with E-state index in [0.717, 1.165) is 38.8 Å². The van der Waals surface area contributed by atoms with Gasteiger partial charge in [-0.2, -0.15) is 0 Å². The first kappa shape index (κ1) is 17.5. The maximum absolute atomic E-state index is 12.5. The van der Waals surface area contributed by atoms with Gasteiger partial charge in [0, 0.05) is 19.0 Å². The smallest absolute Gasteiger partial charge is 0.222 e. The first-order chi connectivity index (χ1) is 9.65. The summed E-state index contributed by atoms with van der Waals surface area (Å²) in [6, 6.07) is 0.494. The normalized spacial score (nSPS) is 20.2. The molecule has 1 amide bonds. The maximum Gasteiger partial charge on any atom is 0.222 e. The van der Waals surface area contributed by atoms with Crippen molar-refractivity contribution in [2.75, 3.05) is 13.1 Å². The number of likely N-dealkylation sites (tertiary alicyclic amines) is 1. The van der Waals surface area contributed by atoms with Gasteiger partial charge in [-0.1, -0.05) is 39.5 Å². The molecular weight excluding hydrogens is 248 g/mol.